The lowest BCUT2D eigenvalue weighted by Gasteiger charge is -2.15. The lowest BCUT2D eigenvalue weighted by Crippen LogP contribution is -2.07. The minimum absolute atomic E-state index is 0. The Bertz CT molecular complexity index is 205. The van der Waals surface area contributed by atoms with E-state index in [0.29, 0.717) is 0 Å². The SMILES string of the molecule is C.c1ccc2c(c1)CCCO2. The van der Waals surface area contributed by atoms with Crippen molar-refractivity contribution in [3.8, 4) is 5.75 Å². The van der Waals surface area contributed by atoms with Gasteiger partial charge in [-0.05, 0) is 24.5 Å². The predicted octanol–water partition coefficient (Wildman–Crippen LogP) is 2.65. The summed E-state index contributed by atoms with van der Waals surface area (Å²) in [5.41, 5.74) is 1.36. The third kappa shape index (κ3) is 1.53. The number of benzene rings is 1. The van der Waals surface area contributed by atoms with Crippen LogP contribution in [-0.2, 0) is 6.42 Å². The molecule has 2 rings (SSSR count). The zero-order chi connectivity index (χ0) is 6.81. The van der Waals surface area contributed by atoms with Gasteiger partial charge in [0, 0.05) is 0 Å². The summed E-state index contributed by atoms with van der Waals surface area (Å²) in [6.07, 6.45) is 2.34. The first-order valence-corrected chi connectivity index (χ1v) is 3.67. The number of fused-ring (bicyclic) bond motifs is 1. The molecule has 0 fully saturated rings. The minimum atomic E-state index is 0. The molecular formula is C10H14O. The third-order valence-electron chi connectivity index (χ3n) is 1.82. The van der Waals surface area contributed by atoms with Gasteiger partial charge in [-0.1, -0.05) is 25.6 Å². The molecule has 0 aromatic heterocycles. The van der Waals surface area contributed by atoms with Gasteiger partial charge in [-0.3, -0.25) is 0 Å². The molecule has 0 amide bonds. The Morgan fingerprint density at radius 1 is 1.18 bits per heavy atom. The van der Waals surface area contributed by atoms with E-state index < -0.39 is 0 Å². The van der Waals surface area contributed by atoms with Gasteiger partial charge in [0.05, 0.1) is 6.61 Å². The van der Waals surface area contributed by atoms with E-state index in [-0.39, 0.29) is 7.43 Å². The lowest BCUT2D eigenvalue weighted by atomic mass is 10.1. The van der Waals surface area contributed by atoms with Crippen LogP contribution in [-0.4, -0.2) is 6.61 Å². The Labute approximate surface area is 68.0 Å². The van der Waals surface area contributed by atoms with Gasteiger partial charge in [-0.2, -0.15) is 0 Å². The average molecular weight is 150 g/mol. The maximum Gasteiger partial charge on any atom is 0.122 e. The van der Waals surface area contributed by atoms with Crippen LogP contribution in [0.25, 0.3) is 0 Å². The fourth-order valence-electron chi connectivity index (χ4n) is 1.30. The molecule has 0 aliphatic carbocycles. The molecule has 0 N–H and O–H groups in total. The molecule has 0 saturated carbocycles. The molecule has 1 aliphatic heterocycles. The summed E-state index contributed by atoms with van der Waals surface area (Å²) in [4.78, 5) is 0. The largest absolute Gasteiger partial charge is 0.493 e. The molecule has 1 heterocycles. The summed E-state index contributed by atoms with van der Waals surface area (Å²) >= 11 is 0. The van der Waals surface area contributed by atoms with Gasteiger partial charge in [-0.25, -0.2) is 0 Å². The van der Waals surface area contributed by atoms with E-state index >= 15 is 0 Å². The Morgan fingerprint density at radius 3 is 2.82 bits per heavy atom. The second-order valence-corrected chi connectivity index (χ2v) is 2.56. The van der Waals surface area contributed by atoms with E-state index in [1.165, 1.54) is 12.0 Å². The molecule has 11 heavy (non-hydrogen) atoms. The summed E-state index contributed by atoms with van der Waals surface area (Å²) in [6.45, 7) is 0.886. The topological polar surface area (TPSA) is 9.23 Å². The van der Waals surface area contributed by atoms with E-state index in [2.05, 4.69) is 12.1 Å². The van der Waals surface area contributed by atoms with Crippen molar-refractivity contribution >= 4 is 0 Å². The van der Waals surface area contributed by atoms with Gasteiger partial charge in [0.15, 0.2) is 0 Å². The number of rotatable bonds is 0. The Kier molecular flexibility index (Phi) is 2.53. The molecule has 60 valence electrons. The lowest BCUT2D eigenvalue weighted by molar-refractivity contribution is 0.288. The smallest absolute Gasteiger partial charge is 0.122 e. The number of aryl methyl sites for hydroxylation is 1. The van der Waals surface area contributed by atoms with Gasteiger partial charge in [0.25, 0.3) is 0 Å². The minimum Gasteiger partial charge on any atom is -0.493 e. The summed E-state index contributed by atoms with van der Waals surface area (Å²) in [7, 11) is 0. The second kappa shape index (κ2) is 3.42. The molecule has 1 aromatic rings. The van der Waals surface area contributed by atoms with Crippen LogP contribution in [0.15, 0.2) is 24.3 Å². The second-order valence-electron chi connectivity index (χ2n) is 2.56. The first-order valence-electron chi connectivity index (χ1n) is 3.67. The maximum absolute atomic E-state index is 5.42. The molecule has 0 bridgehead atoms. The van der Waals surface area contributed by atoms with Crippen LogP contribution >= 0.6 is 0 Å². The highest BCUT2D eigenvalue weighted by Gasteiger charge is 2.06. The molecular weight excluding hydrogens is 136 g/mol. The molecule has 0 saturated heterocycles. The zero-order valence-electron chi connectivity index (χ0n) is 5.84. The standard InChI is InChI=1S/C9H10O.CH4/c1-2-6-9-8(4-1)5-3-7-10-9;/h1-2,4,6H,3,5,7H2;1H4. The van der Waals surface area contributed by atoms with Gasteiger partial charge in [0.1, 0.15) is 5.75 Å². The molecule has 0 spiro atoms. The quantitative estimate of drug-likeness (QED) is 0.552. The molecule has 0 radical (unpaired) electrons. The van der Waals surface area contributed by atoms with Crippen LogP contribution in [0.5, 0.6) is 5.75 Å². The van der Waals surface area contributed by atoms with Crippen molar-refractivity contribution in [2.45, 2.75) is 20.3 Å². The van der Waals surface area contributed by atoms with Crippen LogP contribution in [0.3, 0.4) is 0 Å². The van der Waals surface area contributed by atoms with Crippen LogP contribution in [0.2, 0.25) is 0 Å². The van der Waals surface area contributed by atoms with Crippen LogP contribution < -0.4 is 4.74 Å². The maximum atomic E-state index is 5.42. The fourth-order valence-corrected chi connectivity index (χ4v) is 1.30. The first kappa shape index (κ1) is 8.12. The Balaban J connectivity index is 0.000000605. The van der Waals surface area contributed by atoms with Crippen LogP contribution in [0, 0.1) is 0 Å². The van der Waals surface area contributed by atoms with E-state index in [4.69, 9.17) is 4.74 Å². The molecule has 1 aliphatic rings. The number of hydrogen-bond donors (Lipinski definition) is 0. The van der Waals surface area contributed by atoms with E-state index in [1.54, 1.807) is 0 Å². The van der Waals surface area contributed by atoms with Crippen molar-refractivity contribution in [3.63, 3.8) is 0 Å². The monoisotopic (exact) mass is 150 g/mol. The van der Waals surface area contributed by atoms with Crippen LogP contribution in [0.1, 0.15) is 19.4 Å². The van der Waals surface area contributed by atoms with Gasteiger partial charge < -0.3 is 4.74 Å². The normalized spacial score (nSPS) is 14.2. The number of ether oxygens (including phenoxy) is 1. The summed E-state index contributed by atoms with van der Waals surface area (Å²) in [6, 6.07) is 8.25. The number of para-hydroxylation sites is 1. The molecule has 0 atom stereocenters. The summed E-state index contributed by atoms with van der Waals surface area (Å²) < 4.78 is 5.42. The van der Waals surface area contributed by atoms with E-state index in [1.807, 2.05) is 12.1 Å². The van der Waals surface area contributed by atoms with Crippen molar-refractivity contribution in [2.24, 2.45) is 0 Å². The zero-order valence-corrected chi connectivity index (χ0v) is 5.84. The van der Waals surface area contributed by atoms with E-state index in [9.17, 15) is 0 Å². The van der Waals surface area contributed by atoms with Crippen molar-refractivity contribution in [1.82, 2.24) is 0 Å². The van der Waals surface area contributed by atoms with Crippen molar-refractivity contribution in [3.05, 3.63) is 29.8 Å². The fraction of sp³-hybridized carbons (Fsp3) is 0.400. The Hall–Kier alpha value is -0.980. The van der Waals surface area contributed by atoms with Crippen molar-refractivity contribution < 1.29 is 4.74 Å². The molecule has 1 nitrogen and oxygen atoms in total. The van der Waals surface area contributed by atoms with E-state index in [0.717, 1.165) is 18.8 Å². The number of hydrogen-bond acceptors (Lipinski definition) is 1. The van der Waals surface area contributed by atoms with Gasteiger partial charge in [0.2, 0.25) is 0 Å². The molecule has 1 heteroatoms. The predicted molar refractivity (Wildman–Crippen MR) is 47.0 cm³/mol. The highest BCUT2D eigenvalue weighted by molar-refractivity contribution is 5.34. The van der Waals surface area contributed by atoms with Crippen LogP contribution in [0.4, 0.5) is 0 Å². The van der Waals surface area contributed by atoms with Crippen molar-refractivity contribution in [2.75, 3.05) is 6.61 Å². The third-order valence-corrected chi connectivity index (χ3v) is 1.82. The molecule has 1 aromatic carbocycles. The van der Waals surface area contributed by atoms with Gasteiger partial charge >= 0.3 is 0 Å². The summed E-state index contributed by atoms with van der Waals surface area (Å²) in [5.74, 6) is 1.08. The summed E-state index contributed by atoms with van der Waals surface area (Å²) in [5, 5.41) is 0. The van der Waals surface area contributed by atoms with Gasteiger partial charge in [-0.15, -0.1) is 0 Å². The Morgan fingerprint density at radius 2 is 2.00 bits per heavy atom. The first-order chi connectivity index (χ1) is 4.97. The average Bonchev–Trinajstić information content (AvgIpc) is 2.05. The highest BCUT2D eigenvalue weighted by atomic mass is 16.5. The van der Waals surface area contributed by atoms with Crippen molar-refractivity contribution in [1.29, 1.82) is 0 Å². The highest BCUT2D eigenvalue weighted by Crippen LogP contribution is 2.22. The molecule has 0 unspecified atom stereocenters.